The zero-order valence-corrected chi connectivity index (χ0v) is 16.8. The van der Waals surface area contributed by atoms with Gasteiger partial charge < -0.3 is 10.1 Å². The van der Waals surface area contributed by atoms with Crippen molar-refractivity contribution in [3.63, 3.8) is 0 Å². The number of carbonyl (C=O) groups excluding carboxylic acids is 1. The lowest BCUT2D eigenvalue weighted by molar-refractivity contribution is -0.150. The third kappa shape index (κ3) is 4.47. The highest BCUT2D eigenvalue weighted by Crippen LogP contribution is 2.35. The van der Waals surface area contributed by atoms with E-state index < -0.39 is 0 Å². The Balaban J connectivity index is 1.68. The third-order valence-corrected chi connectivity index (χ3v) is 5.87. The first-order chi connectivity index (χ1) is 12.3. The van der Waals surface area contributed by atoms with Gasteiger partial charge in [0.05, 0.1) is 12.6 Å². The van der Waals surface area contributed by atoms with Crippen LogP contribution >= 0.6 is 0 Å². The predicted octanol–water partition coefficient (Wildman–Crippen LogP) is 3.63. The van der Waals surface area contributed by atoms with Gasteiger partial charge in [0.2, 0.25) is 5.91 Å². The first-order valence-corrected chi connectivity index (χ1v) is 10.0. The van der Waals surface area contributed by atoms with Gasteiger partial charge in [0.15, 0.2) is 0 Å². The summed E-state index contributed by atoms with van der Waals surface area (Å²) in [7, 11) is 0. The summed E-state index contributed by atoms with van der Waals surface area (Å²) in [5.41, 5.74) is 2.70. The quantitative estimate of drug-likeness (QED) is 0.897. The zero-order chi connectivity index (χ0) is 18.8. The minimum Gasteiger partial charge on any atom is -0.370 e. The number of nitrogens with zero attached hydrogens (tertiary/aromatic N) is 1. The molecule has 1 saturated heterocycles. The number of carbonyl (C=O) groups is 1. The van der Waals surface area contributed by atoms with Crippen LogP contribution in [0.15, 0.2) is 24.3 Å². The van der Waals surface area contributed by atoms with Crippen LogP contribution in [0.2, 0.25) is 0 Å². The molecule has 2 atom stereocenters. The highest BCUT2D eigenvalue weighted by molar-refractivity contribution is 5.73. The highest BCUT2D eigenvalue weighted by atomic mass is 16.5. The van der Waals surface area contributed by atoms with Crippen LogP contribution in [-0.4, -0.2) is 42.1 Å². The molecule has 1 aliphatic carbocycles. The summed E-state index contributed by atoms with van der Waals surface area (Å²) >= 11 is 0. The standard InChI is InChI=1S/C22H34N2O2/c1-17(25)23-20-7-5-6-12-22(20)16-24(13-14-26-22)15-18-8-10-19(11-9-18)21(2,3)4/h8-11,20H,5-7,12-16H2,1-4H3,(H,23,25)/t20-,22-/m1/s1. The van der Waals surface area contributed by atoms with Crippen LogP contribution in [0.1, 0.15) is 64.5 Å². The molecule has 1 saturated carbocycles. The lowest BCUT2D eigenvalue weighted by atomic mass is 9.78. The number of benzene rings is 1. The number of hydrogen-bond acceptors (Lipinski definition) is 3. The molecule has 1 N–H and O–H groups in total. The molecule has 4 nitrogen and oxygen atoms in total. The van der Waals surface area contributed by atoms with Crippen molar-refractivity contribution in [3.05, 3.63) is 35.4 Å². The van der Waals surface area contributed by atoms with Crippen LogP contribution in [0, 0.1) is 0 Å². The Morgan fingerprint density at radius 1 is 1.27 bits per heavy atom. The van der Waals surface area contributed by atoms with E-state index in [4.69, 9.17) is 4.74 Å². The molecular formula is C22H34N2O2. The summed E-state index contributed by atoms with van der Waals surface area (Å²) < 4.78 is 6.30. The Morgan fingerprint density at radius 2 is 2.00 bits per heavy atom. The Bertz CT molecular complexity index is 616. The Kier molecular flexibility index (Phi) is 5.73. The number of amides is 1. The van der Waals surface area contributed by atoms with Gasteiger partial charge in [0.25, 0.3) is 0 Å². The summed E-state index contributed by atoms with van der Waals surface area (Å²) in [6.45, 7) is 11.9. The molecule has 1 amide bonds. The molecule has 0 aromatic heterocycles. The second-order valence-electron chi connectivity index (χ2n) is 9.07. The van der Waals surface area contributed by atoms with E-state index in [-0.39, 0.29) is 23.0 Å². The summed E-state index contributed by atoms with van der Waals surface area (Å²) in [6, 6.07) is 9.17. The fourth-order valence-electron chi connectivity index (χ4n) is 4.41. The van der Waals surface area contributed by atoms with E-state index in [1.165, 1.54) is 24.0 Å². The molecule has 144 valence electrons. The maximum Gasteiger partial charge on any atom is 0.217 e. The molecule has 2 fully saturated rings. The molecule has 2 aliphatic rings. The van der Waals surface area contributed by atoms with Gasteiger partial charge >= 0.3 is 0 Å². The van der Waals surface area contributed by atoms with Crippen molar-refractivity contribution in [2.75, 3.05) is 19.7 Å². The van der Waals surface area contributed by atoms with Crippen molar-refractivity contribution >= 4 is 5.91 Å². The van der Waals surface area contributed by atoms with Gasteiger partial charge in [-0.3, -0.25) is 9.69 Å². The lowest BCUT2D eigenvalue weighted by Crippen LogP contribution is -2.63. The topological polar surface area (TPSA) is 41.6 Å². The molecule has 1 aromatic carbocycles. The normalized spacial score (nSPS) is 27.5. The van der Waals surface area contributed by atoms with Crippen LogP contribution in [0.5, 0.6) is 0 Å². The lowest BCUT2D eigenvalue weighted by Gasteiger charge is -2.49. The van der Waals surface area contributed by atoms with Crippen LogP contribution in [-0.2, 0) is 21.5 Å². The molecular weight excluding hydrogens is 324 g/mol. The smallest absolute Gasteiger partial charge is 0.217 e. The Hall–Kier alpha value is -1.39. The molecule has 1 heterocycles. The first-order valence-electron chi connectivity index (χ1n) is 10.0. The van der Waals surface area contributed by atoms with Crippen LogP contribution in [0.25, 0.3) is 0 Å². The molecule has 0 bridgehead atoms. The van der Waals surface area contributed by atoms with Gasteiger partial charge in [-0.25, -0.2) is 0 Å². The van der Waals surface area contributed by atoms with E-state index in [9.17, 15) is 4.79 Å². The van der Waals surface area contributed by atoms with Gasteiger partial charge in [0.1, 0.15) is 5.60 Å². The summed E-state index contributed by atoms with van der Waals surface area (Å²) in [5, 5.41) is 3.16. The van der Waals surface area contributed by atoms with Crippen LogP contribution in [0.3, 0.4) is 0 Å². The Labute approximate surface area is 158 Å². The van der Waals surface area contributed by atoms with Gasteiger partial charge in [-0.15, -0.1) is 0 Å². The third-order valence-electron chi connectivity index (χ3n) is 5.87. The summed E-state index contributed by atoms with van der Waals surface area (Å²) in [5.74, 6) is 0.0507. The maximum absolute atomic E-state index is 11.6. The minimum atomic E-state index is -0.215. The maximum atomic E-state index is 11.6. The van der Waals surface area contributed by atoms with Gasteiger partial charge in [-0.05, 0) is 29.4 Å². The molecule has 4 heteroatoms. The van der Waals surface area contributed by atoms with Crippen LogP contribution in [0.4, 0.5) is 0 Å². The van der Waals surface area contributed by atoms with Gasteiger partial charge in [0, 0.05) is 26.6 Å². The van der Waals surface area contributed by atoms with E-state index in [1.807, 2.05) is 0 Å². The van der Waals surface area contributed by atoms with Gasteiger partial charge in [-0.1, -0.05) is 57.9 Å². The van der Waals surface area contributed by atoms with Crippen molar-refractivity contribution in [1.29, 1.82) is 0 Å². The number of morpholine rings is 1. The molecule has 3 rings (SSSR count). The van der Waals surface area contributed by atoms with E-state index in [0.29, 0.717) is 0 Å². The monoisotopic (exact) mass is 358 g/mol. The van der Waals surface area contributed by atoms with Crippen molar-refractivity contribution < 1.29 is 9.53 Å². The molecule has 1 aliphatic heterocycles. The zero-order valence-electron chi connectivity index (χ0n) is 16.8. The van der Waals surface area contributed by atoms with Crippen molar-refractivity contribution in [2.24, 2.45) is 0 Å². The fraction of sp³-hybridized carbons (Fsp3) is 0.682. The Morgan fingerprint density at radius 3 is 2.65 bits per heavy atom. The second-order valence-corrected chi connectivity index (χ2v) is 9.07. The SMILES string of the molecule is CC(=O)N[C@@H]1CCCC[C@@]12CN(Cc1ccc(C(C)(C)C)cc1)CCO2. The van der Waals surface area contributed by atoms with E-state index in [0.717, 1.165) is 39.1 Å². The second kappa shape index (κ2) is 7.69. The fourth-order valence-corrected chi connectivity index (χ4v) is 4.41. The van der Waals surface area contributed by atoms with E-state index in [1.54, 1.807) is 6.92 Å². The average Bonchev–Trinajstić information content (AvgIpc) is 2.57. The number of ether oxygens (including phenoxy) is 1. The number of hydrogen-bond donors (Lipinski definition) is 1. The minimum absolute atomic E-state index is 0.0507. The predicted molar refractivity (Wildman–Crippen MR) is 105 cm³/mol. The van der Waals surface area contributed by atoms with Gasteiger partial charge in [-0.2, -0.15) is 0 Å². The summed E-state index contributed by atoms with van der Waals surface area (Å²) in [6.07, 6.45) is 4.42. The summed E-state index contributed by atoms with van der Waals surface area (Å²) in [4.78, 5) is 14.1. The first kappa shape index (κ1) is 19.4. The molecule has 1 aromatic rings. The number of rotatable bonds is 3. The molecule has 26 heavy (non-hydrogen) atoms. The number of nitrogens with one attached hydrogen (secondary N) is 1. The van der Waals surface area contributed by atoms with Crippen molar-refractivity contribution in [3.8, 4) is 0 Å². The van der Waals surface area contributed by atoms with Crippen molar-refractivity contribution in [2.45, 2.75) is 77.0 Å². The van der Waals surface area contributed by atoms with E-state index >= 15 is 0 Å². The van der Waals surface area contributed by atoms with Crippen LogP contribution < -0.4 is 5.32 Å². The van der Waals surface area contributed by atoms with E-state index in [2.05, 4.69) is 55.3 Å². The molecule has 0 unspecified atom stereocenters. The van der Waals surface area contributed by atoms with Crippen molar-refractivity contribution in [1.82, 2.24) is 10.2 Å². The highest BCUT2D eigenvalue weighted by Gasteiger charge is 2.45. The average molecular weight is 359 g/mol. The largest absolute Gasteiger partial charge is 0.370 e. The molecule has 0 radical (unpaired) electrons. The molecule has 1 spiro atoms.